The largest absolute Gasteiger partial charge is 0.462 e. The Morgan fingerprint density at radius 1 is 0.517 bits per heavy atom. The molecule has 0 radical (unpaired) electrons. The predicted molar refractivity (Wildman–Crippen MR) is 250 cm³/mol. The van der Waals surface area contributed by atoms with Crippen LogP contribution in [0, 0.1) is 0 Å². The maximum atomic E-state index is 13.1. The third-order valence-corrected chi connectivity index (χ3v) is 10.2. The summed E-state index contributed by atoms with van der Waals surface area (Å²) in [6.07, 6.45) is 58.0. The first-order valence-corrected chi connectivity index (χ1v) is 23.8. The number of allylic oxidation sites excluding steroid dienone is 14. The second-order valence-electron chi connectivity index (χ2n) is 15.8. The summed E-state index contributed by atoms with van der Waals surface area (Å²) in [5.74, 6) is -0.620. The molecule has 0 aromatic heterocycles. The average Bonchev–Trinajstić information content (AvgIpc) is 3.22. The van der Waals surface area contributed by atoms with E-state index < -0.39 is 18.2 Å². The SMILES string of the molecule is CC/C=C\C/C=C\C/C=C\C/C=C\C/C=C\CCCC(CC(=O)NC(CO)C(O)CCCCCCCCCCC)OC(=O)CC/C=C/C/C=C\CCCCCCCC. The van der Waals surface area contributed by atoms with Crippen LogP contribution in [0.2, 0.25) is 0 Å². The number of hydrogen-bond acceptors (Lipinski definition) is 5. The molecule has 0 aliphatic rings. The van der Waals surface area contributed by atoms with Crippen molar-refractivity contribution >= 4 is 11.9 Å². The van der Waals surface area contributed by atoms with Crippen LogP contribution in [0.15, 0.2) is 85.1 Å². The highest BCUT2D eigenvalue weighted by Gasteiger charge is 2.23. The van der Waals surface area contributed by atoms with Crippen LogP contribution < -0.4 is 5.32 Å². The molecule has 332 valence electrons. The van der Waals surface area contributed by atoms with Gasteiger partial charge in [0.15, 0.2) is 0 Å². The van der Waals surface area contributed by atoms with E-state index in [0.717, 1.165) is 77.0 Å². The monoisotopic (exact) mass is 808 g/mol. The van der Waals surface area contributed by atoms with Crippen molar-refractivity contribution in [3.63, 3.8) is 0 Å². The zero-order valence-corrected chi connectivity index (χ0v) is 37.6. The molecule has 3 N–H and O–H groups in total. The molecule has 0 aliphatic carbocycles. The van der Waals surface area contributed by atoms with Crippen molar-refractivity contribution < 1.29 is 24.5 Å². The van der Waals surface area contributed by atoms with Gasteiger partial charge in [-0.15, -0.1) is 0 Å². The number of carbonyl (C=O) groups excluding carboxylic acids is 2. The molecule has 0 aliphatic heterocycles. The summed E-state index contributed by atoms with van der Waals surface area (Å²) in [7, 11) is 0. The molecule has 6 heteroatoms. The number of hydrogen-bond donors (Lipinski definition) is 3. The van der Waals surface area contributed by atoms with Crippen molar-refractivity contribution in [1.82, 2.24) is 5.32 Å². The van der Waals surface area contributed by atoms with E-state index >= 15 is 0 Å². The van der Waals surface area contributed by atoms with Crippen LogP contribution in [0.25, 0.3) is 0 Å². The number of unbranched alkanes of at least 4 members (excludes halogenated alkanes) is 15. The van der Waals surface area contributed by atoms with E-state index in [9.17, 15) is 19.8 Å². The minimum atomic E-state index is -0.813. The molecule has 3 unspecified atom stereocenters. The van der Waals surface area contributed by atoms with Gasteiger partial charge in [0.2, 0.25) is 5.91 Å². The van der Waals surface area contributed by atoms with Crippen molar-refractivity contribution in [2.45, 2.75) is 225 Å². The third-order valence-electron chi connectivity index (χ3n) is 10.2. The first-order valence-electron chi connectivity index (χ1n) is 23.8. The summed E-state index contributed by atoms with van der Waals surface area (Å²) >= 11 is 0. The quantitative estimate of drug-likeness (QED) is 0.0325. The smallest absolute Gasteiger partial charge is 0.306 e. The number of carbonyl (C=O) groups is 2. The lowest BCUT2D eigenvalue weighted by Crippen LogP contribution is -2.46. The number of esters is 1. The molecule has 0 saturated heterocycles. The lowest BCUT2D eigenvalue weighted by atomic mass is 10.0. The van der Waals surface area contributed by atoms with Gasteiger partial charge in [0.1, 0.15) is 6.10 Å². The van der Waals surface area contributed by atoms with E-state index in [-0.39, 0.29) is 31.3 Å². The highest BCUT2D eigenvalue weighted by Crippen LogP contribution is 2.15. The van der Waals surface area contributed by atoms with Crippen molar-refractivity contribution in [3.05, 3.63) is 85.1 Å². The summed E-state index contributed by atoms with van der Waals surface area (Å²) in [5.41, 5.74) is 0. The Morgan fingerprint density at radius 3 is 1.45 bits per heavy atom. The maximum absolute atomic E-state index is 13.1. The number of ether oxygens (including phenoxy) is 1. The molecule has 0 heterocycles. The molecule has 0 aromatic carbocycles. The molecular weight excluding hydrogens is 719 g/mol. The molecule has 0 saturated carbocycles. The fourth-order valence-corrected chi connectivity index (χ4v) is 6.63. The van der Waals surface area contributed by atoms with Crippen LogP contribution in [-0.4, -0.2) is 46.9 Å². The molecule has 58 heavy (non-hydrogen) atoms. The molecule has 1 amide bonds. The van der Waals surface area contributed by atoms with E-state index in [0.29, 0.717) is 19.3 Å². The highest BCUT2D eigenvalue weighted by molar-refractivity contribution is 5.77. The number of aliphatic hydroxyl groups excluding tert-OH is 2. The van der Waals surface area contributed by atoms with E-state index in [2.05, 4.69) is 105 Å². The van der Waals surface area contributed by atoms with Crippen LogP contribution in [0.3, 0.4) is 0 Å². The molecular formula is C52H89NO5. The van der Waals surface area contributed by atoms with Crippen LogP contribution in [0.5, 0.6) is 0 Å². The fraction of sp³-hybridized carbons (Fsp3) is 0.692. The predicted octanol–water partition coefficient (Wildman–Crippen LogP) is 14.0. The zero-order chi connectivity index (χ0) is 42.4. The van der Waals surface area contributed by atoms with E-state index in [1.807, 2.05) is 6.08 Å². The van der Waals surface area contributed by atoms with Gasteiger partial charge in [-0.05, 0) is 83.5 Å². The molecule has 0 aromatic rings. The lowest BCUT2D eigenvalue weighted by Gasteiger charge is -2.24. The van der Waals surface area contributed by atoms with E-state index in [1.54, 1.807) is 0 Å². The molecule has 0 fully saturated rings. The molecule has 3 atom stereocenters. The van der Waals surface area contributed by atoms with Crippen LogP contribution in [-0.2, 0) is 14.3 Å². The van der Waals surface area contributed by atoms with Crippen LogP contribution in [0.1, 0.15) is 207 Å². The summed E-state index contributed by atoms with van der Waals surface area (Å²) < 4.78 is 5.84. The summed E-state index contributed by atoms with van der Waals surface area (Å²) in [6, 6.07) is -0.732. The highest BCUT2D eigenvalue weighted by atomic mass is 16.5. The van der Waals surface area contributed by atoms with Gasteiger partial charge in [-0.3, -0.25) is 9.59 Å². The lowest BCUT2D eigenvalue weighted by molar-refractivity contribution is -0.150. The van der Waals surface area contributed by atoms with Gasteiger partial charge in [-0.1, -0.05) is 196 Å². The second kappa shape index (κ2) is 45.1. The summed E-state index contributed by atoms with van der Waals surface area (Å²) in [4.78, 5) is 26.0. The van der Waals surface area contributed by atoms with E-state index in [1.165, 1.54) is 77.0 Å². The Hall–Kier alpha value is -2.96. The minimum absolute atomic E-state index is 0.0118. The van der Waals surface area contributed by atoms with Crippen LogP contribution >= 0.6 is 0 Å². The molecule has 0 rings (SSSR count). The Balaban J connectivity index is 4.81. The van der Waals surface area contributed by atoms with Gasteiger partial charge in [0, 0.05) is 6.42 Å². The van der Waals surface area contributed by atoms with Gasteiger partial charge >= 0.3 is 5.97 Å². The molecule has 0 spiro atoms. The van der Waals surface area contributed by atoms with Crippen molar-refractivity contribution in [1.29, 1.82) is 0 Å². The van der Waals surface area contributed by atoms with Crippen molar-refractivity contribution in [2.24, 2.45) is 0 Å². The number of nitrogens with one attached hydrogen (secondary N) is 1. The van der Waals surface area contributed by atoms with Gasteiger partial charge in [-0.2, -0.15) is 0 Å². The maximum Gasteiger partial charge on any atom is 0.306 e. The normalized spacial score (nSPS) is 14.1. The fourth-order valence-electron chi connectivity index (χ4n) is 6.63. The summed E-state index contributed by atoms with van der Waals surface area (Å²) in [6.45, 7) is 6.29. The van der Waals surface area contributed by atoms with Crippen molar-refractivity contribution in [3.8, 4) is 0 Å². The first-order chi connectivity index (χ1) is 28.5. The van der Waals surface area contributed by atoms with Crippen molar-refractivity contribution in [2.75, 3.05) is 6.61 Å². The Labute approximate surface area is 357 Å². The van der Waals surface area contributed by atoms with Gasteiger partial charge in [-0.25, -0.2) is 0 Å². The number of aliphatic hydroxyl groups is 2. The minimum Gasteiger partial charge on any atom is -0.462 e. The van der Waals surface area contributed by atoms with Gasteiger partial charge in [0.25, 0.3) is 0 Å². The average molecular weight is 808 g/mol. The van der Waals surface area contributed by atoms with Gasteiger partial charge < -0.3 is 20.3 Å². The Bertz CT molecular complexity index is 1130. The first kappa shape index (κ1) is 55.0. The van der Waals surface area contributed by atoms with E-state index in [4.69, 9.17) is 4.74 Å². The standard InChI is InChI=1S/C52H89NO5/c1-4-7-10-13-16-19-21-23-24-25-26-28-29-32-34-37-40-43-48(58-52(57)45-42-39-36-33-30-27-22-20-17-14-11-8-5-2)46-51(56)53-49(47-54)50(55)44-41-38-35-31-18-15-12-9-6-3/h7,10,16,19,23-24,26-28,30,32,34,36,39,48-50,54-55H,4-6,8-9,11-15,17-18,20-22,25,29,31,33,35,37-38,40-47H2,1-3H3,(H,53,56)/b10-7-,19-16-,24-23-,28-26-,30-27-,34-32-,39-36+. The Morgan fingerprint density at radius 2 is 0.948 bits per heavy atom. The van der Waals surface area contributed by atoms with Gasteiger partial charge in [0.05, 0.1) is 25.2 Å². The van der Waals surface area contributed by atoms with Crippen LogP contribution in [0.4, 0.5) is 0 Å². The topological polar surface area (TPSA) is 95.9 Å². The number of amides is 1. The third kappa shape index (κ3) is 39.8. The molecule has 0 bridgehead atoms. The summed E-state index contributed by atoms with van der Waals surface area (Å²) in [5, 5.41) is 23.6. The number of rotatable bonds is 41. The Kier molecular flexibility index (Phi) is 42.8. The molecule has 6 nitrogen and oxygen atoms in total. The second-order valence-corrected chi connectivity index (χ2v) is 15.8. The zero-order valence-electron chi connectivity index (χ0n) is 37.6.